The Morgan fingerprint density at radius 3 is 2.47 bits per heavy atom. The fourth-order valence-electron chi connectivity index (χ4n) is 1.98. The minimum atomic E-state index is 0.807. The van der Waals surface area contributed by atoms with Crippen LogP contribution < -0.4 is 0 Å². The summed E-state index contributed by atoms with van der Waals surface area (Å²) >= 11 is 0. The lowest BCUT2D eigenvalue weighted by Crippen LogP contribution is -1.85. The van der Waals surface area contributed by atoms with Crippen LogP contribution in [0.4, 0.5) is 0 Å². The summed E-state index contributed by atoms with van der Waals surface area (Å²) < 4.78 is 0. The van der Waals surface area contributed by atoms with Crippen molar-refractivity contribution < 1.29 is 0 Å². The zero-order valence-corrected chi connectivity index (χ0v) is 10.7. The molecule has 0 aliphatic rings. The Kier molecular flexibility index (Phi) is 3.00. The van der Waals surface area contributed by atoms with E-state index < -0.39 is 0 Å². The van der Waals surface area contributed by atoms with Crippen LogP contribution in [0.15, 0.2) is 60.7 Å². The Morgan fingerprint density at radius 1 is 0.789 bits per heavy atom. The summed E-state index contributed by atoms with van der Waals surface area (Å²) in [6.07, 6.45) is 0. The Hall–Kier alpha value is -2.59. The number of aryl methyl sites for hydroxylation is 1. The number of nitrogens with zero attached hydrogens (tertiary/aromatic N) is 1. The van der Waals surface area contributed by atoms with Crippen molar-refractivity contribution in [1.29, 1.82) is 0 Å². The molecule has 0 saturated carbocycles. The Balaban J connectivity index is 2.01. The van der Waals surface area contributed by atoms with Crippen molar-refractivity contribution >= 4 is 10.9 Å². The molecular weight excluding hydrogens is 230 g/mol. The van der Waals surface area contributed by atoms with Gasteiger partial charge in [-0.05, 0) is 36.6 Å². The van der Waals surface area contributed by atoms with Crippen LogP contribution in [-0.2, 0) is 0 Å². The van der Waals surface area contributed by atoms with E-state index in [-0.39, 0.29) is 0 Å². The van der Waals surface area contributed by atoms with Gasteiger partial charge in [0.05, 0.1) is 5.52 Å². The largest absolute Gasteiger partial charge is 0.239 e. The number of hydrogen-bond acceptors (Lipinski definition) is 1. The topological polar surface area (TPSA) is 12.9 Å². The minimum Gasteiger partial charge on any atom is -0.239 e. The van der Waals surface area contributed by atoms with Gasteiger partial charge in [0.15, 0.2) is 0 Å². The van der Waals surface area contributed by atoms with Crippen molar-refractivity contribution in [3.8, 4) is 11.8 Å². The van der Waals surface area contributed by atoms with Crippen molar-refractivity contribution in [3.05, 3.63) is 77.5 Å². The molecule has 0 radical (unpaired) electrons. The first-order valence-corrected chi connectivity index (χ1v) is 6.26. The highest BCUT2D eigenvalue weighted by Crippen LogP contribution is 2.11. The quantitative estimate of drug-likeness (QED) is 0.545. The van der Waals surface area contributed by atoms with Crippen molar-refractivity contribution in [2.24, 2.45) is 0 Å². The molecule has 0 atom stereocenters. The average molecular weight is 243 g/mol. The smallest absolute Gasteiger partial charge is 0.114 e. The number of benzene rings is 2. The second-order valence-corrected chi connectivity index (χ2v) is 4.45. The molecule has 1 nitrogen and oxygen atoms in total. The molecule has 90 valence electrons. The molecule has 3 aromatic rings. The highest BCUT2D eigenvalue weighted by Gasteiger charge is 1.95. The zero-order valence-electron chi connectivity index (χ0n) is 10.7. The molecule has 1 aromatic heterocycles. The maximum atomic E-state index is 4.55. The summed E-state index contributed by atoms with van der Waals surface area (Å²) in [5.74, 6) is 6.31. The van der Waals surface area contributed by atoms with Crippen LogP contribution in [0.5, 0.6) is 0 Å². The van der Waals surface area contributed by atoms with Gasteiger partial charge in [0.25, 0.3) is 0 Å². The fraction of sp³-hybridized carbons (Fsp3) is 0.0556. The molecule has 1 heteroatoms. The van der Waals surface area contributed by atoms with E-state index in [0.717, 1.165) is 22.2 Å². The molecule has 0 aliphatic carbocycles. The number of aromatic nitrogens is 1. The summed E-state index contributed by atoms with van der Waals surface area (Å²) in [6, 6.07) is 20.2. The molecular formula is C18H13N. The normalized spacial score (nSPS) is 9.95. The maximum absolute atomic E-state index is 4.55. The van der Waals surface area contributed by atoms with Crippen LogP contribution in [-0.4, -0.2) is 4.98 Å². The van der Waals surface area contributed by atoms with E-state index in [1.807, 2.05) is 42.5 Å². The van der Waals surface area contributed by atoms with Crippen LogP contribution in [0.3, 0.4) is 0 Å². The molecule has 3 rings (SSSR count). The lowest BCUT2D eigenvalue weighted by molar-refractivity contribution is 1.36. The van der Waals surface area contributed by atoms with E-state index in [1.165, 1.54) is 5.56 Å². The summed E-state index contributed by atoms with van der Waals surface area (Å²) in [5, 5.41) is 1.14. The third kappa shape index (κ3) is 2.48. The van der Waals surface area contributed by atoms with E-state index in [1.54, 1.807) is 0 Å². The van der Waals surface area contributed by atoms with Gasteiger partial charge in [0.2, 0.25) is 0 Å². The Bertz CT molecular complexity index is 791. The van der Waals surface area contributed by atoms with Crippen LogP contribution in [0.2, 0.25) is 0 Å². The van der Waals surface area contributed by atoms with Crippen molar-refractivity contribution in [2.45, 2.75) is 6.92 Å². The minimum absolute atomic E-state index is 0.807. The van der Waals surface area contributed by atoms with Crippen LogP contribution >= 0.6 is 0 Å². The molecule has 0 spiro atoms. The van der Waals surface area contributed by atoms with Gasteiger partial charge in [-0.15, -0.1) is 0 Å². The molecule has 0 amide bonds. The van der Waals surface area contributed by atoms with Crippen LogP contribution in [0.1, 0.15) is 16.8 Å². The van der Waals surface area contributed by atoms with Gasteiger partial charge in [-0.25, -0.2) is 4.98 Å². The first-order valence-electron chi connectivity index (χ1n) is 6.26. The lowest BCUT2D eigenvalue weighted by atomic mass is 10.1. The standard InChI is InChI=1S/C18H13N/c1-14-6-2-3-7-15(14)10-12-17-13-11-16-8-4-5-9-18(16)19-17/h2-9,11,13H,1H3. The Labute approximate surface area is 112 Å². The number of rotatable bonds is 0. The second-order valence-electron chi connectivity index (χ2n) is 4.45. The molecule has 0 aliphatic heterocycles. The molecule has 2 aromatic carbocycles. The van der Waals surface area contributed by atoms with Crippen molar-refractivity contribution in [2.75, 3.05) is 0 Å². The van der Waals surface area contributed by atoms with Gasteiger partial charge in [0, 0.05) is 10.9 Å². The van der Waals surface area contributed by atoms with Gasteiger partial charge < -0.3 is 0 Å². The van der Waals surface area contributed by atoms with Crippen LogP contribution in [0, 0.1) is 18.8 Å². The molecule has 0 N–H and O–H groups in total. The first kappa shape index (κ1) is 11.5. The molecule has 19 heavy (non-hydrogen) atoms. The van der Waals surface area contributed by atoms with Gasteiger partial charge in [-0.2, -0.15) is 0 Å². The van der Waals surface area contributed by atoms with E-state index in [0.29, 0.717) is 0 Å². The van der Waals surface area contributed by atoms with E-state index >= 15 is 0 Å². The third-order valence-corrected chi connectivity index (χ3v) is 3.07. The summed E-state index contributed by atoms with van der Waals surface area (Å²) in [6.45, 7) is 2.07. The number of fused-ring (bicyclic) bond motifs is 1. The molecule has 1 heterocycles. The zero-order chi connectivity index (χ0) is 13.1. The van der Waals surface area contributed by atoms with E-state index in [2.05, 4.69) is 41.9 Å². The van der Waals surface area contributed by atoms with Crippen molar-refractivity contribution in [3.63, 3.8) is 0 Å². The first-order chi connectivity index (χ1) is 9.33. The summed E-state index contributed by atoms with van der Waals surface area (Å²) in [7, 11) is 0. The number of para-hydroxylation sites is 1. The van der Waals surface area contributed by atoms with Gasteiger partial charge >= 0.3 is 0 Å². The molecule has 0 unspecified atom stereocenters. The fourth-order valence-corrected chi connectivity index (χ4v) is 1.98. The average Bonchev–Trinajstić information content (AvgIpc) is 2.46. The lowest BCUT2D eigenvalue weighted by Gasteiger charge is -1.97. The second kappa shape index (κ2) is 4.96. The van der Waals surface area contributed by atoms with E-state index in [4.69, 9.17) is 0 Å². The highest BCUT2D eigenvalue weighted by molar-refractivity contribution is 5.78. The van der Waals surface area contributed by atoms with Crippen molar-refractivity contribution in [1.82, 2.24) is 4.98 Å². The number of pyridine rings is 1. The predicted octanol–water partition coefficient (Wildman–Crippen LogP) is 3.94. The highest BCUT2D eigenvalue weighted by atomic mass is 14.7. The predicted molar refractivity (Wildman–Crippen MR) is 78.9 cm³/mol. The van der Waals surface area contributed by atoms with Gasteiger partial charge in [0.1, 0.15) is 5.69 Å². The molecule has 0 saturated heterocycles. The van der Waals surface area contributed by atoms with Gasteiger partial charge in [-0.3, -0.25) is 0 Å². The molecule has 0 bridgehead atoms. The maximum Gasteiger partial charge on any atom is 0.114 e. The monoisotopic (exact) mass is 243 g/mol. The number of hydrogen-bond donors (Lipinski definition) is 0. The summed E-state index contributed by atoms with van der Waals surface area (Å²) in [5.41, 5.74) is 4.04. The van der Waals surface area contributed by atoms with E-state index in [9.17, 15) is 0 Å². The van der Waals surface area contributed by atoms with Gasteiger partial charge in [-0.1, -0.05) is 48.4 Å². The Morgan fingerprint density at radius 2 is 1.58 bits per heavy atom. The van der Waals surface area contributed by atoms with Crippen LogP contribution in [0.25, 0.3) is 10.9 Å². The molecule has 0 fully saturated rings. The third-order valence-electron chi connectivity index (χ3n) is 3.07. The summed E-state index contributed by atoms with van der Waals surface area (Å²) in [4.78, 5) is 4.55. The SMILES string of the molecule is Cc1ccccc1C#Cc1ccc2ccccc2n1.